The van der Waals surface area contributed by atoms with E-state index in [4.69, 9.17) is 5.11 Å². The predicted octanol–water partition coefficient (Wildman–Crippen LogP) is 2.70. The van der Waals surface area contributed by atoms with Crippen molar-refractivity contribution in [3.05, 3.63) is 35.4 Å². The molecule has 4 nitrogen and oxygen atoms in total. The first-order valence-corrected chi connectivity index (χ1v) is 6.81. The monoisotopic (exact) mass is 280 g/mol. The smallest absolute Gasteiger partial charge is 0.307 e. The fourth-order valence-electron chi connectivity index (χ4n) is 1.50. The van der Waals surface area contributed by atoms with Crippen molar-refractivity contribution < 1.29 is 19.8 Å². The van der Waals surface area contributed by atoms with Crippen molar-refractivity contribution >= 4 is 28.9 Å². The maximum Gasteiger partial charge on any atom is 0.307 e. The van der Waals surface area contributed by atoms with Gasteiger partial charge in [-0.2, -0.15) is 0 Å². The van der Waals surface area contributed by atoms with Gasteiger partial charge < -0.3 is 10.2 Å². The van der Waals surface area contributed by atoms with Gasteiger partial charge in [0.1, 0.15) is 5.75 Å². The number of allylic oxidation sites excluding steroid dienone is 1. The van der Waals surface area contributed by atoms with Gasteiger partial charge in [0, 0.05) is 18.2 Å². The molecule has 1 rings (SSSR count). The Kier molecular flexibility index (Phi) is 6.15. The molecule has 0 aromatic heterocycles. The van der Waals surface area contributed by atoms with Crippen LogP contribution in [0.15, 0.2) is 24.3 Å². The molecule has 0 saturated heterocycles. The van der Waals surface area contributed by atoms with E-state index in [1.165, 1.54) is 24.8 Å². The van der Waals surface area contributed by atoms with Crippen LogP contribution in [0.5, 0.6) is 5.75 Å². The zero-order valence-corrected chi connectivity index (χ0v) is 11.4. The van der Waals surface area contributed by atoms with Crippen LogP contribution >= 0.6 is 11.8 Å². The third-order valence-electron chi connectivity index (χ3n) is 2.33. The van der Waals surface area contributed by atoms with E-state index in [9.17, 15) is 14.7 Å². The fourth-order valence-corrected chi connectivity index (χ4v) is 2.04. The van der Waals surface area contributed by atoms with Crippen LogP contribution in [0, 0.1) is 0 Å². The Labute approximate surface area is 116 Å². The number of phenolic OH excluding ortho intramolecular Hbond substituents is 1. The Morgan fingerprint density at radius 2 is 2.11 bits per heavy atom. The van der Waals surface area contributed by atoms with Gasteiger partial charge >= 0.3 is 5.97 Å². The number of phenols is 1. The minimum Gasteiger partial charge on any atom is -0.507 e. The second kappa shape index (κ2) is 7.63. The number of aliphatic carboxylic acids is 1. The minimum atomic E-state index is -0.904. The van der Waals surface area contributed by atoms with Crippen LogP contribution < -0.4 is 0 Å². The van der Waals surface area contributed by atoms with Crippen molar-refractivity contribution in [1.82, 2.24) is 0 Å². The number of hydrogen-bond donors (Lipinski definition) is 2. The van der Waals surface area contributed by atoms with E-state index in [1.807, 2.05) is 6.08 Å². The molecule has 0 unspecified atom stereocenters. The highest BCUT2D eigenvalue weighted by molar-refractivity contribution is 8.13. The number of hydrogen-bond acceptors (Lipinski definition) is 4. The Balaban J connectivity index is 2.63. The lowest BCUT2D eigenvalue weighted by Gasteiger charge is -2.02. The van der Waals surface area contributed by atoms with Crippen LogP contribution in [-0.2, 0) is 16.0 Å². The Morgan fingerprint density at radius 1 is 1.37 bits per heavy atom. The number of carbonyl (C=O) groups excluding carboxylic acids is 1. The highest BCUT2D eigenvalue weighted by atomic mass is 32.2. The van der Waals surface area contributed by atoms with Crippen LogP contribution in [0.3, 0.4) is 0 Å². The first kappa shape index (κ1) is 15.3. The van der Waals surface area contributed by atoms with Gasteiger partial charge in [0.05, 0.1) is 6.42 Å². The fraction of sp³-hybridized carbons (Fsp3) is 0.286. The zero-order chi connectivity index (χ0) is 14.3. The summed E-state index contributed by atoms with van der Waals surface area (Å²) in [6, 6.07) is 4.73. The summed E-state index contributed by atoms with van der Waals surface area (Å²) < 4.78 is 0. The number of benzene rings is 1. The van der Waals surface area contributed by atoms with Gasteiger partial charge in [-0.25, -0.2) is 0 Å². The molecule has 0 spiro atoms. The van der Waals surface area contributed by atoms with E-state index in [0.29, 0.717) is 23.3 Å². The van der Waals surface area contributed by atoms with Crippen molar-refractivity contribution in [2.75, 3.05) is 5.75 Å². The van der Waals surface area contributed by atoms with Gasteiger partial charge in [-0.3, -0.25) is 9.59 Å². The average Bonchev–Trinajstić information content (AvgIpc) is 2.31. The van der Waals surface area contributed by atoms with Crippen LogP contribution in [0.25, 0.3) is 6.08 Å². The van der Waals surface area contributed by atoms with Gasteiger partial charge in [0.25, 0.3) is 0 Å². The molecule has 1 aromatic carbocycles. The molecule has 5 heteroatoms. The first-order chi connectivity index (χ1) is 8.99. The van der Waals surface area contributed by atoms with E-state index in [-0.39, 0.29) is 17.3 Å². The van der Waals surface area contributed by atoms with Gasteiger partial charge in [-0.1, -0.05) is 30.0 Å². The molecule has 0 saturated carbocycles. The van der Waals surface area contributed by atoms with E-state index in [0.717, 1.165) is 0 Å². The molecule has 0 aliphatic heterocycles. The Morgan fingerprint density at radius 3 is 2.74 bits per heavy atom. The lowest BCUT2D eigenvalue weighted by Crippen LogP contribution is -1.99. The number of rotatable bonds is 6. The zero-order valence-electron chi connectivity index (χ0n) is 10.6. The molecule has 0 radical (unpaired) electrons. The van der Waals surface area contributed by atoms with Crippen LogP contribution in [0.1, 0.15) is 24.5 Å². The van der Waals surface area contributed by atoms with Crippen LogP contribution in [0.2, 0.25) is 0 Å². The summed E-state index contributed by atoms with van der Waals surface area (Å²) in [6.45, 7) is 1.52. The van der Waals surface area contributed by atoms with Gasteiger partial charge in [-0.05, 0) is 24.1 Å². The summed E-state index contributed by atoms with van der Waals surface area (Å²) in [5.74, 6) is -0.0930. The molecule has 0 amide bonds. The molecule has 19 heavy (non-hydrogen) atoms. The maximum absolute atomic E-state index is 10.7. The van der Waals surface area contributed by atoms with E-state index >= 15 is 0 Å². The number of carboxylic acid groups (broad SMARTS) is 1. The van der Waals surface area contributed by atoms with E-state index < -0.39 is 5.97 Å². The van der Waals surface area contributed by atoms with Crippen LogP contribution in [0.4, 0.5) is 0 Å². The van der Waals surface area contributed by atoms with Crippen molar-refractivity contribution in [1.29, 1.82) is 0 Å². The molecular weight excluding hydrogens is 264 g/mol. The van der Waals surface area contributed by atoms with E-state index in [2.05, 4.69) is 0 Å². The molecule has 0 aliphatic carbocycles. The topological polar surface area (TPSA) is 74.6 Å². The highest BCUT2D eigenvalue weighted by Gasteiger charge is 2.03. The molecule has 0 aliphatic rings. The SMILES string of the molecule is CC(=O)SCCC=Cc1cc(CC(=O)O)ccc1O. The van der Waals surface area contributed by atoms with Crippen molar-refractivity contribution in [2.45, 2.75) is 19.8 Å². The van der Waals surface area contributed by atoms with Crippen molar-refractivity contribution in [2.24, 2.45) is 0 Å². The summed E-state index contributed by atoms with van der Waals surface area (Å²) in [7, 11) is 0. The number of carboxylic acids is 1. The van der Waals surface area contributed by atoms with Crippen LogP contribution in [-0.4, -0.2) is 27.1 Å². The molecule has 1 aromatic rings. The highest BCUT2D eigenvalue weighted by Crippen LogP contribution is 2.20. The van der Waals surface area contributed by atoms with Gasteiger partial charge in [0.15, 0.2) is 5.12 Å². The van der Waals surface area contributed by atoms with Crippen molar-refractivity contribution in [3.63, 3.8) is 0 Å². The normalized spacial score (nSPS) is 10.8. The lowest BCUT2D eigenvalue weighted by atomic mass is 10.1. The third kappa shape index (κ3) is 6.10. The molecule has 0 bridgehead atoms. The number of aromatic hydroxyl groups is 1. The largest absolute Gasteiger partial charge is 0.507 e. The molecule has 0 heterocycles. The van der Waals surface area contributed by atoms with Crippen molar-refractivity contribution in [3.8, 4) is 5.75 Å². The summed E-state index contributed by atoms with van der Waals surface area (Å²) in [4.78, 5) is 21.3. The molecule has 2 N–H and O–H groups in total. The quantitative estimate of drug-likeness (QED) is 0.784. The summed E-state index contributed by atoms with van der Waals surface area (Å²) in [5, 5.41) is 18.4. The molecule has 0 atom stereocenters. The van der Waals surface area contributed by atoms with Gasteiger partial charge in [-0.15, -0.1) is 0 Å². The Hall–Kier alpha value is -1.75. The van der Waals surface area contributed by atoms with E-state index in [1.54, 1.807) is 18.2 Å². The second-order valence-corrected chi connectivity index (χ2v) is 5.27. The molecule has 102 valence electrons. The minimum absolute atomic E-state index is 0.0681. The second-order valence-electron chi connectivity index (χ2n) is 3.99. The summed E-state index contributed by atoms with van der Waals surface area (Å²) >= 11 is 1.25. The summed E-state index contributed by atoms with van der Waals surface area (Å²) in [6.07, 6.45) is 4.24. The number of thioether (sulfide) groups is 1. The third-order valence-corrected chi connectivity index (χ3v) is 3.18. The summed E-state index contributed by atoms with van der Waals surface area (Å²) in [5.41, 5.74) is 1.23. The standard InChI is InChI=1S/C14H16O4S/c1-10(15)19-7-3-2-4-12-8-11(9-14(17)18)5-6-13(12)16/h2,4-6,8,16H,3,7,9H2,1H3,(H,17,18). The molecule has 0 fully saturated rings. The Bertz CT molecular complexity index is 494. The lowest BCUT2D eigenvalue weighted by molar-refractivity contribution is -0.136. The van der Waals surface area contributed by atoms with Gasteiger partial charge in [0.2, 0.25) is 0 Å². The average molecular weight is 280 g/mol. The molecular formula is C14H16O4S. The number of carbonyl (C=O) groups is 2. The predicted molar refractivity (Wildman–Crippen MR) is 76.2 cm³/mol. The first-order valence-electron chi connectivity index (χ1n) is 5.82. The maximum atomic E-state index is 10.7.